The molecule has 0 saturated carbocycles. The van der Waals surface area contributed by atoms with Gasteiger partial charge in [0.1, 0.15) is 5.75 Å². The van der Waals surface area contributed by atoms with Crippen LogP contribution in [0.3, 0.4) is 0 Å². The molecule has 0 spiro atoms. The lowest BCUT2D eigenvalue weighted by atomic mass is 10.1. The summed E-state index contributed by atoms with van der Waals surface area (Å²) in [6.45, 7) is 1.99. The van der Waals surface area contributed by atoms with Crippen LogP contribution in [0.25, 0.3) is 11.4 Å². The van der Waals surface area contributed by atoms with Crippen molar-refractivity contribution < 1.29 is 14.1 Å². The van der Waals surface area contributed by atoms with Crippen molar-refractivity contribution in [2.75, 3.05) is 6.61 Å². The molecule has 2 aromatic carbocycles. The number of nitrogens with zero attached hydrogens (tertiary/aromatic N) is 2. The van der Waals surface area contributed by atoms with Crippen molar-refractivity contribution in [2.45, 2.75) is 13.5 Å². The highest BCUT2D eigenvalue weighted by molar-refractivity contribution is 9.10. The SMILES string of the molecule is Cc1ccc(-c2noc(CNC(=O)COc3ccc(Cl)cc3Br)n2)cc1. The summed E-state index contributed by atoms with van der Waals surface area (Å²) in [4.78, 5) is 16.2. The van der Waals surface area contributed by atoms with Crippen LogP contribution in [0, 0.1) is 6.92 Å². The summed E-state index contributed by atoms with van der Waals surface area (Å²) in [7, 11) is 0. The number of nitrogens with one attached hydrogen (secondary N) is 1. The van der Waals surface area contributed by atoms with E-state index in [0.717, 1.165) is 11.1 Å². The molecular formula is C18H15BrClN3O3. The van der Waals surface area contributed by atoms with Crippen LogP contribution < -0.4 is 10.1 Å². The van der Waals surface area contributed by atoms with E-state index in [-0.39, 0.29) is 19.1 Å². The minimum atomic E-state index is -0.304. The molecule has 3 aromatic rings. The van der Waals surface area contributed by atoms with Crippen LogP contribution in [-0.2, 0) is 11.3 Å². The van der Waals surface area contributed by atoms with Gasteiger partial charge < -0.3 is 14.6 Å². The lowest BCUT2D eigenvalue weighted by Crippen LogP contribution is -2.28. The number of ether oxygens (including phenoxy) is 1. The van der Waals surface area contributed by atoms with Crippen molar-refractivity contribution in [2.24, 2.45) is 0 Å². The number of carbonyl (C=O) groups is 1. The largest absolute Gasteiger partial charge is 0.483 e. The van der Waals surface area contributed by atoms with Crippen LogP contribution in [0.5, 0.6) is 5.75 Å². The number of hydrogen-bond donors (Lipinski definition) is 1. The molecule has 6 nitrogen and oxygen atoms in total. The minimum absolute atomic E-state index is 0.128. The number of halogens is 2. The zero-order chi connectivity index (χ0) is 18.5. The Labute approximate surface area is 163 Å². The Morgan fingerprint density at radius 2 is 2.04 bits per heavy atom. The molecule has 1 aromatic heterocycles. The van der Waals surface area contributed by atoms with Crippen molar-refractivity contribution in [3.8, 4) is 17.1 Å². The fourth-order valence-electron chi connectivity index (χ4n) is 2.11. The first kappa shape index (κ1) is 18.4. The highest BCUT2D eigenvalue weighted by atomic mass is 79.9. The topological polar surface area (TPSA) is 77.2 Å². The van der Waals surface area contributed by atoms with E-state index >= 15 is 0 Å². The Morgan fingerprint density at radius 1 is 1.27 bits per heavy atom. The van der Waals surface area contributed by atoms with Crippen LogP contribution in [0.1, 0.15) is 11.5 Å². The Bertz CT molecular complexity index is 912. The van der Waals surface area contributed by atoms with Gasteiger partial charge in [-0.1, -0.05) is 46.6 Å². The predicted molar refractivity (Wildman–Crippen MR) is 101 cm³/mol. The van der Waals surface area contributed by atoms with Crippen LogP contribution >= 0.6 is 27.5 Å². The third-order valence-electron chi connectivity index (χ3n) is 3.47. The van der Waals surface area contributed by atoms with Crippen molar-refractivity contribution >= 4 is 33.4 Å². The molecule has 0 atom stereocenters. The highest BCUT2D eigenvalue weighted by Gasteiger charge is 2.11. The summed E-state index contributed by atoms with van der Waals surface area (Å²) in [5.74, 6) is 1.03. The van der Waals surface area contributed by atoms with Crippen LogP contribution in [-0.4, -0.2) is 22.7 Å². The zero-order valence-corrected chi connectivity index (χ0v) is 16.2. The molecule has 26 heavy (non-hydrogen) atoms. The van der Waals surface area contributed by atoms with Gasteiger partial charge >= 0.3 is 0 Å². The fraction of sp³-hybridized carbons (Fsp3) is 0.167. The average molecular weight is 437 g/mol. The molecule has 0 aliphatic heterocycles. The van der Waals surface area contributed by atoms with Gasteiger partial charge in [-0.25, -0.2) is 0 Å². The van der Waals surface area contributed by atoms with Crippen LogP contribution in [0.2, 0.25) is 5.02 Å². The normalized spacial score (nSPS) is 10.6. The molecule has 0 aliphatic rings. The third-order valence-corrected chi connectivity index (χ3v) is 4.32. The number of aryl methyl sites for hydroxylation is 1. The summed E-state index contributed by atoms with van der Waals surface area (Å²) < 4.78 is 11.3. The molecular weight excluding hydrogens is 422 g/mol. The molecule has 1 heterocycles. The lowest BCUT2D eigenvalue weighted by Gasteiger charge is -2.08. The van der Waals surface area contributed by atoms with Crippen molar-refractivity contribution in [1.29, 1.82) is 0 Å². The first-order valence-corrected chi connectivity index (χ1v) is 8.92. The molecule has 0 fully saturated rings. The molecule has 134 valence electrons. The Morgan fingerprint density at radius 3 is 2.77 bits per heavy atom. The second-order valence-electron chi connectivity index (χ2n) is 5.52. The van der Waals surface area contributed by atoms with Gasteiger partial charge in [-0.15, -0.1) is 0 Å². The van der Waals surface area contributed by atoms with Gasteiger partial charge in [0.25, 0.3) is 5.91 Å². The molecule has 0 aliphatic carbocycles. The quantitative estimate of drug-likeness (QED) is 0.628. The third kappa shape index (κ3) is 4.83. The Balaban J connectivity index is 1.51. The first-order valence-electron chi connectivity index (χ1n) is 7.75. The number of amides is 1. The molecule has 0 radical (unpaired) electrons. The zero-order valence-electron chi connectivity index (χ0n) is 13.8. The Hall–Kier alpha value is -2.38. The number of rotatable bonds is 6. The van der Waals surface area contributed by atoms with E-state index in [9.17, 15) is 4.79 Å². The molecule has 1 amide bonds. The summed E-state index contributed by atoms with van der Waals surface area (Å²) in [5.41, 5.74) is 2.00. The lowest BCUT2D eigenvalue weighted by molar-refractivity contribution is -0.123. The van der Waals surface area contributed by atoms with Crippen LogP contribution in [0.4, 0.5) is 0 Å². The van der Waals surface area contributed by atoms with Crippen molar-refractivity contribution in [3.05, 3.63) is 63.4 Å². The van der Waals surface area contributed by atoms with Gasteiger partial charge in [-0.3, -0.25) is 4.79 Å². The maximum Gasteiger partial charge on any atom is 0.258 e. The minimum Gasteiger partial charge on any atom is -0.483 e. The predicted octanol–water partition coefficient (Wildman–Crippen LogP) is 4.16. The number of carbonyl (C=O) groups excluding carboxylic acids is 1. The molecule has 1 N–H and O–H groups in total. The average Bonchev–Trinajstić information content (AvgIpc) is 3.09. The molecule has 0 unspecified atom stereocenters. The van der Waals surface area contributed by atoms with Crippen LogP contribution in [0.15, 0.2) is 51.5 Å². The smallest absolute Gasteiger partial charge is 0.258 e. The van der Waals surface area contributed by atoms with Crippen molar-refractivity contribution in [1.82, 2.24) is 15.5 Å². The van der Waals surface area contributed by atoms with E-state index in [1.165, 1.54) is 0 Å². The molecule has 0 bridgehead atoms. The number of aromatic nitrogens is 2. The van der Waals surface area contributed by atoms with Gasteiger partial charge in [-0.05, 0) is 41.1 Å². The van der Waals surface area contributed by atoms with Gasteiger partial charge in [-0.2, -0.15) is 4.98 Å². The molecule has 0 saturated heterocycles. The van der Waals surface area contributed by atoms with E-state index in [2.05, 4.69) is 31.4 Å². The van der Waals surface area contributed by atoms with Gasteiger partial charge in [0.15, 0.2) is 6.61 Å². The van der Waals surface area contributed by atoms with E-state index in [4.69, 9.17) is 20.9 Å². The fourth-order valence-corrected chi connectivity index (χ4v) is 2.90. The summed E-state index contributed by atoms with van der Waals surface area (Å²) >= 11 is 9.19. The van der Waals surface area contributed by atoms with E-state index in [1.54, 1.807) is 18.2 Å². The van der Waals surface area contributed by atoms with E-state index in [0.29, 0.717) is 27.0 Å². The second kappa shape index (κ2) is 8.33. The van der Waals surface area contributed by atoms with Gasteiger partial charge in [0, 0.05) is 10.6 Å². The number of hydrogen-bond acceptors (Lipinski definition) is 5. The highest BCUT2D eigenvalue weighted by Crippen LogP contribution is 2.27. The second-order valence-corrected chi connectivity index (χ2v) is 6.81. The monoisotopic (exact) mass is 435 g/mol. The van der Waals surface area contributed by atoms with Crippen molar-refractivity contribution in [3.63, 3.8) is 0 Å². The first-order chi connectivity index (χ1) is 12.5. The van der Waals surface area contributed by atoms with E-state index < -0.39 is 0 Å². The maximum absolute atomic E-state index is 11.9. The summed E-state index contributed by atoms with van der Waals surface area (Å²) in [5, 5.41) is 7.17. The summed E-state index contributed by atoms with van der Waals surface area (Å²) in [6.07, 6.45) is 0. The van der Waals surface area contributed by atoms with Gasteiger partial charge in [0.05, 0.1) is 11.0 Å². The standard InChI is InChI=1S/C18H15BrClN3O3/c1-11-2-4-12(5-3-11)18-22-17(26-23-18)9-21-16(24)10-25-15-7-6-13(20)8-14(15)19/h2-8H,9-10H2,1H3,(H,21,24). The molecule has 8 heteroatoms. The summed E-state index contributed by atoms with van der Waals surface area (Å²) in [6, 6.07) is 12.8. The Kier molecular flexibility index (Phi) is 5.90. The maximum atomic E-state index is 11.9. The molecule has 3 rings (SSSR count). The van der Waals surface area contributed by atoms with E-state index in [1.807, 2.05) is 31.2 Å². The van der Waals surface area contributed by atoms with Gasteiger partial charge in [0.2, 0.25) is 11.7 Å². The number of benzene rings is 2.